The molecule has 0 aromatic heterocycles. The van der Waals surface area contributed by atoms with Gasteiger partial charge in [-0.05, 0) is 25.7 Å². The second-order valence-electron chi connectivity index (χ2n) is 3.71. The Morgan fingerprint density at radius 2 is 2.17 bits per heavy atom. The highest BCUT2D eigenvalue weighted by Crippen LogP contribution is 2.21. The highest BCUT2D eigenvalue weighted by Gasteiger charge is 2.25. The Labute approximate surface area is 78.9 Å². The van der Waals surface area contributed by atoms with Crippen LogP contribution in [0.5, 0.6) is 0 Å². The van der Waals surface area contributed by atoms with Crippen LogP contribution in [0, 0.1) is 5.92 Å². The van der Waals surface area contributed by atoms with Gasteiger partial charge in [-0.1, -0.05) is 6.92 Å². The highest BCUT2D eigenvalue weighted by atomic mass is 35.5. The van der Waals surface area contributed by atoms with E-state index < -0.39 is 0 Å². The summed E-state index contributed by atoms with van der Waals surface area (Å²) in [6, 6.07) is 0.382. The van der Waals surface area contributed by atoms with E-state index in [0.717, 1.165) is 13.0 Å². The maximum atomic E-state index is 11.3. The number of carbonyl (C=O) groups excluding carboxylic acids is 1. The summed E-state index contributed by atoms with van der Waals surface area (Å²) in [6.45, 7) is 5.16. The fourth-order valence-corrected chi connectivity index (χ4v) is 1.87. The number of amides is 1. The van der Waals surface area contributed by atoms with Crippen molar-refractivity contribution in [2.45, 2.75) is 32.7 Å². The van der Waals surface area contributed by atoms with E-state index in [1.54, 1.807) is 0 Å². The number of likely N-dealkylation sites (tertiary alicyclic amines) is 1. The second-order valence-corrected chi connectivity index (χ2v) is 3.98. The highest BCUT2D eigenvalue weighted by molar-refractivity contribution is 6.27. The minimum absolute atomic E-state index is 0.0794. The van der Waals surface area contributed by atoms with E-state index in [1.807, 2.05) is 4.90 Å². The van der Waals surface area contributed by atoms with Crippen LogP contribution in [0.15, 0.2) is 0 Å². The van der Waals surface area contributed by atoms with Gasteiger partial charge in [-0.3, -0.25) is 4.79 Å². The van der Waals surface area contributed by atoms with E-state index >= 15 is 0 Å². The zero-order valence-corrected chi connectivity index (χ0v) is 8.47. The molecule has 1 heterocycles. The molecule has 0 saturated carbocycles. The van der Waals surface area contributed by atoms with Gasteiger partial charge < -0.3 is 4.90 Å². The fraction of sp³-hybridized carbons (Fsp3) is 0.889. The summed E-state index contributed by atoms with van der Waals surface area (Å²) in [4.78, 5) is 13.2. The van der Waals surface area contributed by atoms with Crippen LogP contribution in [0.2, 0.25) is 0 Å². The number of carbonyl (C=O) groups is 1. The van der Waals surface area contributed by atoms with E-state index in [-0.39, 0.29) is 11.8 Å². The molecule has 0 bridgehead atoms. The number of rotatable bonds is 1. The summed E-state index contributed by atoms with van der Waals surface area (Å²) in [5.41, 5.74) is 0. The summed E-state index contributed by atoms with van der Waals surface area (Å²) in [5, 5.41) is 0. The summed E-state index contributed by atoms with van der Waals surface area (Å²) in [7, 11) is 0. The molecule has 0 aromatic rings. The largest absolute Gasteiger partial charge is 0.339 e. The van der Waals surface area contributed by atoms with Gasteiger partial charge in [0.2, 0.25) is 5.91 Å². The lowest BCUT2D eigenvalue weighted by atomic mass is 9.95. The Morgan fingerprint density at radius 3 is 2.75 bits per heavy atom. The average Bonchev–Trinajstić information content (AvgIpc) is 2.08. The zero-order valence-electron chi connectivity index (χ0n) is 7.72. The molecule has 1 aliphatic rings. The topological polar surface area (TPSA) is 20.3 Å². The smallest absolute Gasteiger partial charge is 0.237 e. The fourth-order valence-electron chi connectivity index (χ4n) is 1.71. The van der Waals surface area contributed by atoms with E-state index in [0.29, 0.717) is 12.0 Å². The molecule has 0 spiro atoms. The molecule has 70 valence electrons. The maximum absolute atomic E-state index is 11.3. The van der Waals surface area contributed by atoms with Crippen molar-refractivity contribution < 1.29 is 4.79 Å². The van der Waals surface area contributed by atoms with Crippen molar-refractivity contribution in [3.63, 3.8) is 0 Å². The van der Waals surface area contributed by atoms with Crippen molar-refractivity contribution in [1.29, 1.82) is 0 Å². The Kier molecular flexibility index (Phi) is 3.39. The zero-order chi connectivity index (χ0) is 9.14. The van der Waals surface area contributed by atoms with Crippen molar-refractivity contribution in [1.82, 2.24) is 4.90 Å². The summed E-state index contributed by atoms with van der Waals surface area (Å²) < 4.78 is 0. The number of halogens is 1. The molecule has 0 aromatic carbocycles. The molecule has 2 unspecified atom stereocenters. The van der Waals surface area contributed by atoms with Crippen molar-refractivity contribution in [2.24, 2.45) is 5.92 Å². The first-order valence-corrected chi connectivity index (χ1v) is 5.04. The number of alkyl halides is 1. The first-order valence-electron chi connectivity index (χ1n) is 4.50. The van der Waals surface area contributed by atoms with Crippen molar-refractivity contribution in [3.8, 4) is 0 Å². The maximum Gasteiger partial charge on any atom is 0.237 e. The van der Waals surface area contributed by atoms with Crippen molar-refractivity contribution in [3.05, 3.63) is 0 Å². The Balaban J connectivity index is 2.54. The number of hydrogen-bond donors (Lipinski definition) is 0. The van der Waals surface area contributed by atoms with Gasteiger partial charge in [-0.25, -0.2) is 0 Å². The van der Waals surface area contributed by atoms with Crippen LogP contribution >= 0.6 is 11.6 Å². The molecule has 1 aliphatic heterocycles. The molecular formula is C9H16ClNO. The predicted octanol–water partition coefficient (Wildman–Crippen LogP) is 1.87. The van der Waals surface area contributed by atoms with Crippen LogP contribution < -0.4 is 0 Å². The van der Waals surface area contributed by atoms with E-state index in [9.17, 15) is 4.79 Å². The number of nitrogens with zero attached hydrogens (tertiary/aromatic N) is 1. The SMILES string of the molecule is CC1CCC(C)N(C(=O)CCl)C1. The van der Waals surface area contributed by atoms with E-state index in [4.69, 9.17) is 11.6 Å². The molecule has 3 heteroatoms. The lowest BCUT2D eigenvalue weighted by Crippen LogP contribution is -2.45. The summed E-state index contributed by atoms with van der Waals surface area (Å²) in [6.07, 6.45) is 2.34. The Hall–Kier alpha value is -0.240. The molecule has 2 atom stereocenters. The van der Waals surface area contributed by atoms with Crippen LogP contribution in [0.1, 0.15) is 26.7 Å². The van der Waals surface area contributed by atoms with Gasteiger partial charge in [0.05, 0.1) is 0 Å². The van der Waals surface area contributed by atoms with Crippen LogP contribution in [0.25, 0.3) is 0 Å². The van der Waals surface area contributed by atoms with E-state index in [1.165, 1.54) is 6.42 Å². The molecule has 2 nitrogen and oxygen atoms in total. The molecule has 1 fully saturated rings. The quantitative estimate of drug-likeness (QED) is 0.577. The molecule has 0 N–H and O–H groups in total. The van der Waals surface area contributed by atoms with Gasteiger partial charge >= 0.3 is 0 Å². The Morgan fingerprint density at radius 1 is 1.50 bits per heavy atom. The summed E-state index contributed by atoms with van der Waals surface area (Å²) in [5.74, 6) is 0.834. The minimum atomic E-state index is 0.0794. The first kappa shape index (κ1) is 9.85. The van der Waals surface area contributed by atoms with Crippen LogP contribution in [-0.2, 0) is 4.79 Å². The molecule has 12 heavy (non-hydrogen) atoms. The van der Waals surface area contributed by atoms with Gasteiger partial charge in [0.15, 0.2) is 0 Å². The minimum Gasteiger partial charge on any atom is -0.339 e. The van der Waals surface area contributed by atoms with Crippen molar-refractivity contribution >= 4 is 17.5 Å². The third-order valence-corrected chi connectivity index (χ3v) is 2.78. The third kappa shape index (κ3) is 2.13. The average molecular weight is 190 g/mol. The third-order valence-electron chi connectivity index (χ3n) is 2.55. The lowest BCUT2D eigenvalue weighted by molar-refractivity contribution is -0.132. The summed E-state index contributed by atoms with van der Waals surface area (Å²) >= 11 is 5.51. The van der Waals surface area contributed by atoms with E-state index in [2.05, 4.69) is 13.8 Å². The number of piperidine rings is 1. The van der Waals surface area contributed by atoms with Crippen LogP contribution in [-0.4, -0.2) is 29.3 Å². The molecular weight excluding hydrogens is 174 g/mol. The normalized spacial score (nSPS) is 30.4. The predicted molar refractivity (Wildman–Crippen MR) is 50.3 cm³/mol. The molecule has 0 aliphatic carbocycles. The monoisotopic (exact) mass is 189 g/mol. The van der Waals surface area contributed by atoms with Crippen LogP contribution in [0.3, 0.4) is 0 Å². The molecule has 1 amide bonds. The van der Waals surface area contributed by atoms with Gasteiger partial charge in [-0.15, -0.1) is 11.6 Å². The van der Waals surface area contributed by atoms with Gasteiger partial charge in [0.25, 0.3) is 0 Å². The van der Waals surface area contributed by atoms with Crippen LogP contribution in [0.4, 0.5) is 0 Å². The standard InChI is InChI=1S/C9H16ClNO/c1-7-3-4-8(2)11(6-7)9(12)5-10/h7-8H,3-6H2,1-2H3. The molecule has 1 rings (SSSR count). The molecule has 0 radical (unpaired) electrons. The van der Waals surface area contributed by atoms with Crippen molar-refractivity contribution in [2.75, 3.05) is 12.4 Å². The molecule has 1 saturated heterocycles. The second kappa shape index (κ2) is 4.13. The Bertz CT molecular complexity index is 172. The van der Waals surface area contributed by atoms with Gasteiger partial charge in [0.1, 0.15) is 5.88 Å². The first-order chi connectivity index (χ1) is 5.65. The number of hydrogen-bond acceptors (Lipinski definition) is 1. The van der Waals surface area contributed by atoms with Gasteiger partial charge in [0, 0.05) is 12.6 Å². The van der Waals surface area contributed by atoms with Gasteiger partial charge in [-0.2, -0.15) is 0 Å². The lowest BCUT2D eigenvalue weighted by Gasteiger charge is -2.36.